The van der Waals surface area contributed by atoms with Crippen LogP contribution in [0.25, 0.3) is 0 Å². The van der Waals surface area contributed by atoms with Crippen molar-refractivity contribution in [3.8, 4) is 5.75 Å². The molecular formula is C14H16ClN3O2. The van der Waals surface area contributed by atoms with Crippen LogP contribution in [0.5, 0.6) is 5.75 Å². The first kappa shape index (κ1) is 12.4. The van der Waals surface area contributed by atoms with Crippen molar-refractivity contribution in [3.05, 3.63) is 11.5 Å². The van der Waals surface area contributed by atoms with Crippen LogP contribution in [0.3, 0.4) is 0 Å². The third-order valence-electron chi connectivity index (χ3n) is 4.70. The Labute approximate surface area is 122 Å². The van der Waals surface area contributed by atoms with Crippen LogP contribution in [0, 0.1) is 0 Å². The summed E-state index contributed by atoms with van der Waals surface area (Å²) in [5, 5.41) is 0.160. The maximum Gasteiger partial charge on any atom is 0.272 e. The standard InChI is InChI=1S/C14H16ClN3O2/c15-13-16-8-10-11(17-13)18(9-4-1-2-5-9)12(19)14(20-10)6-3-7-14/h8-9H,1-7H2. The molecule has 6 heteroatoms. The number of hydrogen-bond acceptors (Lipinski definition) is 4. The molecule has 0 radical (unpaired) electrons. The third kappa shape index (κ3) is 1.65. The van der Waals surface area contributed by atoms with Gasteiger partial charge in [0, 0.05) is 6.04 Å². The van der Waals surface area contributed by atoms with Gasteiger partial charge in [0.2, 0.25) is 5.28 Å². The molecule has 0 N–H and O–H groups in total. The molecule has 5 nitrogen and oxygen atoms in total. The molecular weight excluding hydrogens is 278 g/mol. The summed E-state index contributed by atoms with van der Waals surface area (Å²) in [6, 6.07) is 0.230. The molecule has 2 fully saturated rings. The maximum atomic E-state index is 12.9. The predicted octanol–water partition coefficient (Wildman–Crippen LogP) is 2.72. The van der Waals surface area contributed by atoms with Crippen molar-refractivity contribution < 1.29 is 9.53 Å². The predicted molar refractivity (Wildman–Crippen MR) is 74.0 cm³/mol. The normalized spacial score (nSPS) is 24.4. The largest absolute Gasteiger partial charge is 0.472 e. The monoisotopic (exact) mass is 293 g/mol. The van der Waals surface area contributed by atoms with E-state index in [1.807, 2.05) is 4.90 Å². The number of carbonyl (C=O) groups excluding carboxylic acids is 1. The number of ether oxygens (including phenoxy) is 1. The van der Waals surface area contributed by atoms with Crippen LogP contribution < -0.4 is 9.64 Å². The first-order valence-electron chi connectivity index (χ1n) is 7.25. The Kier molecular flexibility index (Phi) is 2.67. The lowest BCUT2D eigenvalue weighted by molar-refractivity contribution is -0.144. The summed E-state index contributed by atoms with van der Waals surface area (Å²) >= 11 is 5.90. The van der Waals surface area contributed by atoms with Gasteiger partial charge in [-0.2, -0.15) is 4.98 Å². The fourth-order valence-electron chi connectivity index (χ4n) is 3.47. The van der Waals surface area contributed by atoms with Crippen molar-refractivity contribution in [2.45, 2.75) is 56.6 Å². The van der Waals surface area contributed by atoms with Crippen molar-refractivity contribution in [3.63, 3.8) is 0 Å². The second-order valence-electron chi connectivity index (χ2n) is 5.89. The molecule has 1 amide bonds. The van der Waals surface area contributed by atoms with Gasteiger partial charge < -0.3 is 4.74 Å². The van der Waals surface area contributed by atoms with E-state index in [-0.39, 0.29) is 17.2 Å². The molecule has 2 saturated carbocycles. The molecule has 20 heavy (non-hydrogen) atoms. The van der Waals surface area contributed by atoms with Gasteiger partial charge in [-0.3, -0.25) is 9.69 Å². The number of halogens is 1. The molecule has 1 aliphatic heterocycles. The molecule has 0 aromatic carbocycles. The number of carbonyl (C=O) groups is 1. The fourth-order valence-corrected chi connectivity index (χ4v) is 3.60. The Hall–Kier alpha value is -1.36. The highest BCUT2D eigenvalue weighted by atomic mass is 35.5. The lowest BCUT2D eigenvalue weighted by atomic mass is 9.77. The van der Waals surface area contributed by atoms with Crippen molar-refractivity contribution in [1.82, 2.24) is 9.97 Å². The van der Waals surface area contributed by atoms with Gasteiger partial charge in [-0.1, -0.05) is 12.8 Å². The molecule has 106 valence electrons. The zero-order chi connectivity index (χ0) is 13.7. The maximum absolute atomic E-state index is 12.9. The summed E-state index contributed by atoms with van der Waals surface area (Å²) in [6.45, 7) is 0. The van der Waals surface area contributed by atoms with Gasteiger partial charge in [0.25, 0.3) is 5.91 Å². The molecule has 0 atom stereocenters. The first-order chi connectivity index (χ1) is 9.70. The summed E-state index contributed by atoms with van der Waals surface area (Å²) in [6.07, 6.45) is 8.60. The Morgan fingerprint density at radius 3 is 2.70 bits per heavy atom. The Bertz CT molecular complexity index is 568. The van der Waals surface area contributed by atoms with Crippen LogP contribution in [-0.2, 0) is 4.79 Å². The van der Waals surface area contributed by atoms with Gasteiger partial charge in [0.1, 0.15) is 0 Å². The number of hydrogen-bond donors (Lipinski definition) is 0. The van der Waals surface area contributed by atoms with Crippen LogP contribution in [-0.4, -0.2) is 27.5 Å². The van der Waals surface area contributed by atoms with E-state index in [9.17, 15) is 4.79 Å². The van der Waals surface area contributed by atoms with Gasteiger partial charge in [0.15, 0.2) is 17.2 Å². The topological polar surface area (TPSA) is 55.3 Å². The third-order valence-corrected chi connectivity index (χ3v) is 4.88. The number of anilines is 1. The molecule has 1 aromatic rings. The number of nitrogens with zero attached hydrogens (tertiary/aromatic N) is 3. The summed E-state index contributed by atoms with van der Waals surface area (Å²) < 4.78 is 5.94. The number of amides is 1. The highest BCUT2D eigenvalue weighted by Crippen LogP contribution is 2.47. The highest BCUT2D eigenvalue weighted by Gasteiger charge is 2.54. The van der Waals surface area contributed by atoms with Gasteiger partial charge >= 0.3 is 0 Å². The quantitative estimate of drug-likeness (QED) is 0.747. The van der Waals surface area contributed by atoms with Crippen LogP contribution in [0.2, 0.25) is 5.28 Å². The lowest BCUT2D eigenvalue weighted by Crippen LogP contribution is -2.62. The molecule has 0 bridgehead atoms. The van der Waals surface area contributed by atoms with E-state index in [1.54, 1.807) is 6.20 Å². The second-order valence-corrected chi connectivity index (χ2v) is 6.23. The second kappa shape index (κ2) is 4.32. The van der Waals surface area contributed by atoms with Crippen molar-refractivity contribution in [2.75, 3.05) is 4.90 Å². The van der Waals surface area contributed by atoms with E-state index in [4.69, 9.17) is 16.3 Å². The number of rotatable bonds is 1. The lowest BCUT2D eigenvalue weighted by Gasteiger charge is -2.48. The van der Waals surface area contributed by atoms with E-state index in [0.29, 0.717) is 11.6 Å². The van der Waals surface area contributed by atoms with E-state index in [2.05, 4.69) is 9.97 Å². The zero-order valence-electron chi connectivity index (χ0n) is 11.1. The molecule has 4 rings (SSSR count). The molecule has 0 saturated heterocycles. The van der Waals surface area contributed by atoms with Gasteiger partial charge in [0.05, 0.1) is 6.20 Å². The van der Waals surface area contributed by atoms with Crippen molar-refractivity contribution in [1.29, 1.82) is 0 Å². The zero-order valence-corrected chi connectivity index (χ0v) is 11.9. The van der Waals surface area contributed by atoms with E-state index < -0.39 is 5.60 Å². The summed E-state index contributed by atoms with van der Waals surface area (Å²) in [7, 11) is 0. The minimum absolute atomic E-state index is 0.0675. The molecule has 1 aromatic heterocycles. The number of aromatic nitrogens is 2. The van der Waals surface area contributed by atoms with Crippen LogP contribution >= 0.6 is 11.6 Å². The fraction of sp³-hybridized carbons (Fsp3) is 0.643. The van der Waals surface area contributed by atoms with Gasteiger partial charge in [-0.15, -0.1) is 0 Å². The Morgan fingerprint density at radius 2 is 2.05 bits per heavy atom. The van der Waals surface area contributed by atoms with E-state index >= 15 is 0 Å². The molecule has 1 spiro atoms. The highest BCUT2D eigenvalue weighted by molar-refractivity contribution is 6.28. The molecule has 2 aliphatic carbocycles. The SMILES string of the molecule is O=C1N(C2CCCC2)c2nc(Cl)ncc2OC12CCC2. The molecule has 3 aliphatic rings. The minimum Gasteiger partial charge on any atom is -0.472 e. The average molecular weight is 294 g/mol. The van der Waals surface area contributed by atoms with Crippen LogP contribution in [0.4, 0.5) is 5.82 Å². The minimum atomic E-state index is -0.660. The number of fused-ring (bicyclic) bond motifs is 1. The van der Waals surface area contributed by atoms with Gasteiger partial charge in [-0.05, 0) is 43.7 Å². The smallest absolute Gasteiger partial charge is 0.272 e. The molecule has 2 heterocycles. The average Bonchev–Trinajstić information content (AvgIpc) is 2.90. The Balaban J connectivity index is 1.81. The first-order valence-corrected chi connectivity index (χ1v) is 7.63. The van der Waals surface area contributed by atoms with E-state index in [0.717, 1.165) is 44.9 Å². The van der Waals surface area contributed by atoms with Crippen LogP contribution in [0.15, 0.2) is 6.20 Å². The Morgan fingerprint density at radius 1 is 1.30 bits per heavy atom. The van der Waals surface area contributed by atoms with E-state index in [1.165, 1.54) is 0 Å². The van der Waals surface area contributed by atoms with Crippen LogP contribution in [0.1, 0.15) is 44.9 Å². The van der Waals surface area contributed by atoms with Crippen molar-refractivity contribution in [2.24, 2.45) is 0 Å². The summed E-state index contributed by atoms with van der Waals surface area (Å²) in [5.74, 6) is 1.22. The molecule has 0 unspecified atom stereocenters. The van der Waals surface area contributed by atoms with Gasteiger partial charge in [-0.25, -0.2) is 4.98 Å². The summed E-state index contributed by atoms with van der Waals surface area (Å²) in [4.78, 5) is 23.0. The summed E-state index contributed by atoms with van der Waals surface area (Å²) in [5.41, 5.74) is -0.660. The van der Waals surface area contributed by atoms with Crippen molar-refractivity contribution >= 4 is 23.3 Å².